The number of carboxylic acid groups (broad SMARTS) is 1. The number of nitrogens with zero attached hydrogens (tertiary/aromatic N) is 4. The van der Waals surface area contributed by atoms with Crippen LogP contribution in [0.4, 0.5) is 0 Å². The van der Waals surface area contributed by atoms with Gasteiger partial charge in [0.2, 0.25) is 5.78 Å². The van der Waals surface area contributed by atoms with Gasteiger partial charge in [0.25, 0.3) is 5.56 Å². The summed E-state index contributed by atoms with van der Waals surface area (Å²) in [6.07, 6.45) is 2.04. The molecule has 3 aromatic heterocycles. The van der Waals surface area contributed by atoms with Gasteiger partial charge < -0.3 is 15.8 Å². The Morgan fingerprint density at radius 3 is 2.95 bits per heavy atom. The van der Waals surface area contributed by atoms with E-state index in [9.17, 15) is 9.59 Å². The topological polar surface area (TPSA) is 131 Å². The van der Waals surface area contributed by atoms with E-state index in [0.29, 0.717) is 34.8 Å². The fourth-order valence-corrected chi connectivity index (χ4v) is 2.60. The summed E-state index contributed by atoms with van der Waals surface area (Å²) in [7, 11) is 1.77. The van der Waals surface area contributed by atoms with E-state index in [1.54, 1.807) is 18.5 Å². The van der Waals surface area contributed by atoms with Gasteiger partial charge in [-0.15, -0.1) is 0 Å². The standard InChI is InChI=1S/C13H16N6O3/c1-6-8(4-3-7(14)12(21)22)19-11(20)9-10(16-5-15-9)18(2)13(19)17-6/h5,7H,3-4,14H2,1-2H3,(H,15,16)(H,21,22). The second-order valence-electron chi connectivity index (χ2n) is 5.23. The largest absolute Gasteiger partial charge is 0.480 e. The number of hydrogen-bond acceptors (Lipinski definition) is 5. The zero-order valence-corrected chi connectivity index (χ0v) is 12.2. The van der Waals surface area contributed by atoms with Crippen molar-refractivity contribution in [3.63, 3.8) is 0 Å². The van der Waals surface area contributed by atoms with Gasteiger partial charge in [-0.25, -0.2) is 14.4 Å². The number of nitrogens with two attached hydrogens (primary N) is 1. The van der Waals surface area contributed by atoms with Gasteiger partial charge in [-0.3, -0.25) is 14.2 Å². The maximum Gasteiger partial charge on any atom is 0.320 e. The minimum absolute atomic E-state index is 0.230. The van der Waals surface area contributed by atoms with Gasteiger partial charge in [0.15, 0.2) is 5.65 Å². The minimum atomic E-state index is -1.06. The summed E-state index contributed by atoms with van der Waals surface area (Å²) in [4.78, 5) is 34.8. The zero-order chi connectivity index (χ0) is 16.0. The number of aromatic nitrogens is 5. The normalized spacial score (nSPS) is 13.0. The molecule has 1 unspecified atom stereocenters. The molecule has 0 spiro atoms. The highest BCUT2D eigenvalue weighted by Crippen LogP contribution is 2.15. The molecule has 0 saturated heterocycles. The highest BCUT2D eigenvalue weighted by atomic mass is 16.4. The van der Waals surface area contributed by atoms with Gasteiger partial charge in [0.05, 0.1) is 17.7 Å². The molecule has 0 aliphatic rings. The van der Waals surface area contributed by atoms with Crippen molar-refractivity contribution in [2.24, 2.45) is 12.8 Å². The molecule has 1 atom stereocenters. The third kappa shape index (κ3) is 1.98. The van der Waals surface area contributed by atoms with Gasteiger partial charge in [-0.05, 0) is 19.8 Å². The van der Waals surface area contributed by atoms with Crippen LogP contribution in [0.25, 0.3) is 16.9 Å². The molecule has 3 rings (SSSR count). The number of carboxylic acids is 1. The van der Waals surface area contributed by atoms with Crippen LogP contribution in [0.15, 0.2) is 11.1 Å². The number of aromatic amines is 1. The molecule has 0 radical (unpaired) electrons. The lowest BCUT2D eigenvalue weighted by Gasteiger charge is -2.08. The maximum atomic E-state index is 12.6. The Hall–Kier alpha value is -2.68. The summed E-state index contributed by atoms with van der Waals surface area (Å²) in [5, 5.41) is 8.88. The monoisotopic (exact) mass is 304 g/mol. The minimum Gasteiger partial charge on any atom is -0.480 e. The molecule has 3 aromatic rings. The van der Waals surface area contributed by atoms with Crippen LogP contribution < -0.4 is 11.3 Å². The molecule has 4 N–H and O–H groups in total. The van der Waals surface area contributed by atoms with Crippen molar-refractivity contribution in [1.29, 1.82) is 0 Å². The van der Waals surface area contributed by atoms with Crippen molar-refractivity contribution in [2.75, 3.05) is 0 Å². The number of aryl methyl sites for hydroxylation is 3. The van der Waals surface area contributed by atoms with Crippen LogP contribution in [-0.2, 0) is 18.3 Å². The van der Waals surface area contributed by atoms with Crippen molar-refractivity contribution >= 4 is 22.9 Å². The van der Waals surface area contributed by atoms with Crippen molar-refractivity contribution in [3.8, 4) is 0 Å². The summed E-state index contributed by atoms with van der Waals surface area (Å²) in [6, 6.07) is -0.968. The zero-order valence-electron chi connectivity index (χ0n) is 12.2. The maximum absolute atomic E-state index is 12.6. The van der Waals surface area contributed by atoms with Crippen LogP contribution >= 0.6 is 0 Å². The van der Waals surface area contributed by atoms with Crippen molar-refractivity contribution in [1.82, 2.24) is 23.9 Å². The summed E-state index contributed by atoms with van der Waals surface area (Å²) in [6.45, 7) is 1.79. The molecule has 0 fully saturated rings. The molecule has 9 heteroatoms. The van der Waals surface area contributed by atoms with Crippen molar-refractivity contribution in [3.05, 3.63) is 28.1 Å². The van der Waals surface area contributed by atoms with Crippen molar-refractivity contribution in [2.45, 2.75) is 25.8 Å². The molecule has 116 valence electrons. The van der Waals surface area contributed by atoms with Crippen LogP contribution in [0.5, 0.6) is 0 Å². The van der Waals surface area contributed by atoms with Crippen LogP contribution in [0.3, 0.4) is 0 Å². The third-order valence-corrected chi connectivity index (χ3v) is 3.82. The molecular weight excluding hydrogens is 288 g/mol. The Labute approximate surface area is 124 Å². The Kier molecular flexibility index (Phi) is 3.21. The first-order valence-electron chi connectivity index (χ1n) is 6.80. The molecular formula is C13H16N6O3. The lowest BCUT2D eigenvalue weighted by atomic mass is 10.1. The molecule has 0 aliphatic heterocycles. The lowest BCUT2D eigenvalue weighted by molar-refractivity contribution is -0.138. The Bertz CT molecular complexity index is 935. The SMILES string of the molecule is Cc1nc2n(C)c3nc[nH]c3c(=O)n2c1CCC(N)C(=O)O. The van der Waals surface area contributed by atoms with Gasteiger partial charge in [-0.2, -0.15) is 0 Å². The third-order valence-electron chi connectivity index (χ3n) is 3.82. The fourth-order valence-electron chi connectivity index (χ4n) is 2.60. The fraction of sp³-hybridized carbons (Fsp3) is 0.385. The second kappa shape index (κ2) is 4.95. The summed E-state index contributed by atoms with van der Waals surface area (Å²) >= 11 is 0. The first-order chi connectivity index (χ1) is 10.4. The highest BCUT2D eigenvalue weighted by Gasteiger charge is 2.19. The molecule has 0 bridgehead atoms. The van der Waals surface area contributed by atoms with Crippen LogP contribution in [-0.4, -0.2) is 41.0 Å². The number of imidazole rings is 2. The van der Waals surface area contributed by atoms with E-state index in [0.717, 1.165) is 0 Å². The van der Waals surface area contributed by atoms with Crippen LogP contribution in [0.1, 0.15) is 17.8 Å². The van der Waals surface area contributed by atoms with Gasteiger partial charge in [-0.1, -0.05) is 0 Å². The predicted molar refractivity (Wildman–Crippen MR) is 78.8 cm³/mol. The summed E-state index contributed by atoms with van der Waals surface area (Å²) in [5.41, 5.74) is 7.55. The number of nitrogens with one attached hydrogen (secondary N) is 1. The van der Waals surface area contributed by atoms with E-state index in [4.69, 9.17) is 10.8 Å². The van der Waals surface area contributed by atoms with Crippen LogP contribution in [0, 0.1) is 6.92 Å². The smallest absolute Gasteiger partial charge is 0.320 e. The van der Waals surface area contributed by atoms with Gasteiger partial charge in [0, 0.05) is 7.05 Å². The van der Waals surface area contributed by atoms with Gasteiger partial charge >= 0.3 is 5.97 Å². The summed E-state index contributed by atoms with van der Waals surface area (Å²) < 4.78 is 3.21. The van der Waals surface area contributed by atoms with E-state index in [2.05, 4.69) is 15.0 Å². The average molecular weight is 304 g/mol. The predicted octanol–water partition coefficient (Wildman–Crippen LogP) is -0.438. The molecule has 0 saturated carbocycles. The number of aliphatic carboxylic acids is 1. The Morgan fingerprint density at radius 1 is 1.55 bits per heavy atom. The van der Waals surface area contributed by atoms with E-state index in [1.807, 2.05) is 0 Å². The average Bonchev–Trinajstić information content (AvgIpc) is 3.07. The molecule has 3 heterocycles. The van der Waals surface area contributed by atoms with E-state index < -0.39 is 12.0 Å². The molecule has 0 aliphatic carbocycles. The van der Waals surface area contributed by atoms with Crippen molar-refractivity contribution < 1.29 is 9.90 Å². The Balaban J connectivity index is 2.18. The lowest BCUT2D eigenvalue weighted by Crippen LogP contribution is -2.31. The number of fused-ring (bicyclic) bond motifs is 2. The Morgan fingerprint density at radius 2 is 2.27 bits per heavy atom. The second-order valence-corrected chi connectivity index (χ2v) is 5.23. The molecule has 0 amide bonds. The first-order valence-corrected chi connectivity index (χ1v) is 6.80. The molecule has 22 heavy (non-hydrogen) atoms. The summed E-state index contributed by atoms with van der Waals surface area (Å²) in [5.74, 6) is -0.587. The van der Waals surface area contributed by atoms with Gasteiger partial charge in [0.1, 0.15) is 11.6 Å². The first kappa shape index (κ1) is 14.3. The molecule has 0 aromatic carbocycles. The number of carbonyl (C=O) groups is 1. The number of rotatable bonds is 4. The number of H-pyrrole nitrogens is 1. The number of hydrogen-bond donors (Lipinski definition) is 3. The quantitative estimate of drug-likeness (QED) is 0.599. The van der Waals surface area contributed by atoms with E-state index in [1.165, 1.54) is 10.7 Å². The van der Waals surface area contributed by atoms with E-state index >= 15 is 0 Å². The molecule has 9 nitrogen and oxygen atoms in total. The highest BCUT2D eigenvalue weighted by molar-refractivity contribution is 5.73. The van der Waals surface area contributed by atoms with E-state index in [-0.39, 0.29) is 12.0 Å². The van der Waals surface area contributed by atoms with Crippen LogP contribution in [0.2, 0.25) is 0 Å².